The average molecular weight is 507 g/mol. The molecule has 0 bridgehead atoms. The van der Waals surface area contributed by atoms with Gasteiger partial charge in [0, 0.05) is 17.1 Å². The van der Waals surface area contributed by atoms with Crippen LogP contribution in [0.25, 0.3) is 6.08 Å². The summed E-state index contributed by atoms with van der Waals surface area (Å²) < 4.78 is 11.8. The van der Waals surface area contributed by atoms with E-state index in [9.17, 15) is 4.79 Å². The second-order valence-corrected chi connectivity index (χ2v) is 9.33. The summed E-state index contributed by atoms with van der Waals surface area (Å²) >= 11 is 7.63. The lowest BCUT2D eigenvalue weighted by Gasteiger charge is -2.13. The van der Waals surface area contributed by atoms with E-state index in [1.807, 2.05) is 93.6 Å². The number of hydrogen-bond acceptors (Lipinski definition) is 5. The first-order chi connectivity index (χ1) is 17.0. The van der Waals surface area contributed by atoms with E-state index in [2.05, 4.69) is 0 Å². The van der Waals surface area contributed by atoms with Crippen molar-refractivity contribution in [2.45, 2.75) is 27.4 Å². The maximum Gasteiger partial charge on any atom is 0.266 e. The number of nitrogens with zero attached hydrogens (tertiary/aromatic N) is 2. The molecule has 3 aromatic carbocycles. The average Bonchev–Trinajstić information content (AvgIpc) is 3.14. The standard InChI is InChI=1S/C28H27ClN2O3S/c1-4-31-27(32)26(35-28(31)30-22-13-10-19(3)11-14-22)17-20-12-15-24(25(16-20)33-5-2)34-18-21-8-6-7-9-23(21)29/h6-17H,4-5,18H2,1-3H3/b26-17+,30-28?. The van der Waals surface area contributed by atoms with E-state index in [4.69, 9.17) is 26.1 Å². The molecule has 1 fully saturated rings. The van der Waals surface area contributed by atoms with Gasteiger partial charge in [-0.15, -0.1) is 0 Å². The molecule has 0 aromatic heterocycles. The van der Waals surface area contributed by atoms with Crippen molar-refractivity contribution in [3.05, 3.63) is 93.3 Å². The molecule has 35 heavy (non-hydrogen) atoms. The Morgan fingerprint density at radius 2 is 1.77 bits per heavy atom. The second kappa shape index (κ2) is 11.5. The highest BCUT2D eigenvalue weighted by Crippen LogP contribution is 2.36. The van der Waals surface area contributed by atoms with E-state index in [-0.39, 0.29) is 5.91 Å². The van der Waals surface area contributed by atoms with E-state index in [0.717, 1.165) is 16.8 Å². The molecule has 1 aliphatic heterocycles. The minimum atomic E-state index is -0.0552. The molecule has 1 aliphatic rings. The Morgan fingerprint density at radius 3 is 2.49 bits per heavy atom. The van der Waals surface area contributed by atoms with Crippen molar-refractivity contribution in [1.82, 2.24) is 4.90 Å². The molecule has 0 N–H and O–H groups in total. The van der Waals surface area contributed by atoms with Gasteiger partial charge in [0.15, 0.2) is 16.7 Å². The van der Waals surface area contributed by atoms with Crippen LogP contribution in [0.1, 0.15) is 30.5 Å². The lowest BCUT2D eigenvalue weighted by Crippen LogP contribution is -2.28. The zero-order chi connectivity index (χ0) is 24.8. The van der Waals surface area contributed by atoms with Crippen molar-refractivity contribution < 1.29 is 14.3 Å². The molecule has 4 rings (SSSR count). The molecule has 1 heterocycles. The van der Waals surface area contributed by atoms with Crippen LogP contribution in [-0.4, -0.2) is 29.1 Å². The second-order valence-electron chi connectivity index (χ2n) is 7.91. The molecular formula is C28H27ClN2O3S. The summed E-state index contributed by atoms with van der Waals surface area (Å²) in [6.45, 7) is 7.28. The lowest BCUT2D eigenvalue weighted by atomic mass is 10.1. The largest absolute Gasteiger partial charge is 0.490 e. The number of halogens is 1. The van der Waals surface area contributed by atoms with Gasteiger partial charge < -0.3 is 9.47 Å². The number of ether oxygens (including phenoxy) is 2. The fourth-order valence-corrected chi connectivity index (χ4v) is 4.78. The summed E-state index contributed by atoms with van der Waals surface area (Å²) in [6, 6.07) is 21.2. The Morgan fingerprint density at radius 1 is 1.00 bits per heavy atom. The number of likely N-dealkylation sites (N-methyl/N-ethyl adjacent to an activating group) is 1. The number of thioether (sulfide) groups is 1. The summed E-state index contributed by atoms with van der Waals surface area (Å²) in [5, 5.41) is 1.34. The van der Waals surface area contributed by atoms with E-state index >= 15 is 0 Å². The molecule has 0 aliphatic carbocycles. The third kappa shape index (κ3) is 6.08. The van der Waals surface area contributed by atoms with Crippen LogP contribution in [0, 0.1) is 6.92 Å². The Labute approximate surface area is 215 Å². The van der Waals surface area contributed by atoms with Crippen LogP contribution >= 0.6 is 23.4 Å². The number of amides is 1. The molecule has 0 spiro atoms. The number of aryl methyl sites for hydroxylation is 1. The molecule has 0 radical (unpaired) electrons. The Kier molecular flexibility index (Phi) is 8.16. The Bertz CT molecular complexity index is 1270. The molecule has 1 amide bonds. The number of amidine groups is 1. The van der Waals surface area contributed by atoms with Crippen molar-refractivity contribution in [2.24, 2.45) is 4.99 Å². The Balaban J connectivity index is 1.57. The highest BCUT2D eigenvalue weighted by molar-refractivity contribution is 8.18. The third-order valence-corrected chi connectivity index (χ3v) is 6.74. The highest BCUT2D eigenvalue weighted by atomic mass is 35.5. The van der Waals surface area contributed by atoms with E-state index in [1.54, 1.807) is 4.90 Å². The van der Waals surface area contributed by atoms with Crippen molar-refractivity contribution in [3.63, 3.8) is 0 Å². The van der Waals surface area contributed by atoms with Crippen LogP contribution < -0.4 is 9.47 Å². The maximum atomic E-state index is 13.1. The van der Waals surface area contributed by atoms with Crippen LogP contribution in [0.15, 0.2) is 76.6 Å². The van der Waals surface area contributed by atoms with Gasteiger partial charge in [-0.05, 0) is 74.5 Å². The number of benzene rings is 3. The van der Waals surface area contributed by atoms with Crippen LogP contribution in [0.3, 0.4) is 0 Å². The van der Waals surface area contributed by atoms with Gasteiger partial charge in [0.1, 0.15) is 6.61 Å². The molecule has 180 valence electrons. The van der Waals surface area contributed by atoms with Crippen molar-refractivity contribution in [2.75, 3.05) is 13.2 Å². The molecule has 7 heteroatoms. The molecule has 1 saturated heterocycles. The molecule has 0 atom stereocenters. The zero-order valence-electron chi connectivity index (χ0n) is 20.0. The van der Waals surface area contributed by atoms with Gasteiger partial charge in [0.25, 0.3) is 5.91 Å². The minimum absolute atomic E-state index is 0.0552. The molecular weight excluding hydrogens is 480 g/mol. The third-order valence-electron chi connectivity index (χ3n) is 5.37. The summed E-state index contributed by atoms with van der Waals surface area (Å²) in [5.41, 5.74) is 3.74. The van der Waals surface area contributed by atoms with Crippen LogP contribution in [0.2, 0.25) is 5.02 Å². The van der Waals surface area contributed by atoms with Gasteiger partial charge in [0.2, 0.25) is 0 Å². The maximum absolute atomic E-state index is 13.1. The lowest BCUT2D eigenvalue weighted by molar-refractivity contribution is -0.122. The monoisotopic (exact) mass is 506 g/mol. The van der Waals surface area contributed by atoms with Crippen molar-refractivity contribution >= 4 is 46.2 Å². The molecule has 3 aromatic rings. The highest BCUT2D eigenvalue weighted by Gasteiger charge is 2.32. The summed E-state index contributed by atoms with van der Waals surface area (Å²) in [7, 11) is 0. The number of carbonyl (C=O) groups excluding carboxylic acids is 1. The van der Waals surface area contributed by atoms with Crippen LogP contribution in [-0.2, 0) is 11.4 Å². The number of rotatable bonds is 8. The minimum Gasteiger partial charge on any atom is -0.490 e. The topological polar surface area (TPSA) is 51.1 Å². The van der Waals surface area contributed by atoms with E-state index in [0.29, 0.717) is 46.4 Å². The van der Waals surface area contributed by atoms with Gasteiger partial charge in [-0.3, -0.25) is 9.69 Å². The SMILES string of the molecule is CCOc1cc(/C=C2/SC(=Nc3ccc(C)cc3)N(CC)C2=O)ccc1OCc1ccccc1Cl. The van der Waals surface area contributed by atoms with Crippen molar-refractivity contribution in [1.29, 1.82) is 0 Å². The van der Waals surface area contributed by atoms with Gasteiger partial charge in [-0.2, -0.15) is 0 Å². The van der Waals surface area contributed by atoms with E-state index in [1.165, 1.54) is 17.3 Å². The fourth-order valence-electron chi connectivity index (χ4n) is 3.52. The molecule has 0 unspecified atom stereocenters. The van der Waals surface area contributed by atoms with Gasteiger partial charge in [-0.1, -0.05) is 53.6 Å². The predicted molar refractivity (Wildman–Crippen MR) is 145 cm³/mol. The van der Waals surface area contributed by atoms with Gasteiger partial charge in [0.05, 0.1) is 17.2 Å². The molecule has 5 nitrogen and oxygen atoms in total. The van der Waals surface area contributed by atoms with Gasteiger partial charge in [-0.25, -0.2) is 4.99 Å². The Hall–Kier alpha value is -3.22. The summed E-state index contributed by atoms with van der Waals surface area (Å²) in [4.78, 5) is 20.1. The van der Waals surface area contributed by atoms with E-state index < -0.39 is 0 Å². The fraction of sp³-hybridized carbons (Fsp3) is 0.214. The number of hydrogen-bond donors (Lipinski definition) is 0. The predicted octanol–water partition coefficient (Wildman–Crippen LogP) is 7.25. The normalized spacial score (nSPS) is 15.8. The first-order valence-electron chi connectivity index (χ1n) is 11.5. The van der Waals surface area contributed by atoms with Crippen molar-refractivity contribution in [3.8, 4) is 11.5 Å². The number of carbonyl (C=O) groups is 1. The molecule has 0 saturated carbocycles. The summed E-state index contributed by atoms with van der Waals surface area (Å²) in [6.07, 6.45) is 1.87. The first-order valence-corrected chi connectivity index (χ1v) is 12.7. The quantitative estimate of drug-likeness (QED) is 0.302. The number of aliphatic imine (C=N–C) groups is 1. The van der Waals surface area contributed by atoms with Gasteiger partial charge >= 0.3 is 0 Å². The van der Waals surface area contributed by atoms with Crippen LogP contribution in [0.4, 0.5) is 5.69 Å². The zero-order valence-corrected chi connectivity index (χ0v) is 21.5. The smallest absolute Gasteiger partial charge is 0.266 e. The first kappa shape index (κ1) is 24.9. The van der Waals surface area contributed by atoms with Crippen LogP contribution in [0.5, 0.6) is 11.5 Å². The summed E-state index contributed by atoms with van der Waals surface area (Å²) in [5.74, 6) is 1.18.